The first kappa shape index (κ1) is 15.2. The summed E-state index contributed by atoms with van der Waals surface area (Å²) in [6, 6.07) is 6.00. The van der Waals surface area contributed by atoms with Crippen LogP contribution in [-0.4, -0.2) is 18.3 Å². The lowest BCUT2D eigenvalue weighted by Gasteiger charge is -2.08. The summed E-state index contributed by atoms with van der Waals surface area (Å²) in [5.74, 6) is 0. The smallest absolute Gasteiger partial charge is 0.0719 e. The lowest BCUT2D eigenvalue weighted by Crippen LogP contribution is -2.00. The second kappa shape index (κ2) is 9.09. The van der Waals surface area contributed by atoms with E-state index >= 15 is 0 Å². The fraction of sp³-hybridized carbons (Fsp3) is 0.600. The molecule has 1 rings (SSSR count). The van der Waals surface area contributed by atoms with Crippen LogP contribution in [0, 0.1) is 6.92 Å². The molecule has 0 aromatic heterocycles. The van der Waals surface area contributed by atoms with Gasteiger partial charge in [-0.15, -0.1) is 0 Å². The molecule has 0 aliphatic rings. The van der Waals surface area contributed by atoms with Crippen molar-refractivity contribution in [1.29, 1.82) is 0 Å². The first-order valence-electron chi connectivity index (χ1n) is 6.75. The highest BCUT2D eigenvalue weighted by Gasteiger charge is 2.00. The Morgan fingerprint density at radius 3 is 2.61 bits per heavy atom. The van der Waals surface area contributed by atoms with Crippen molar-refractivity contribution in [2.75, 3.05) is 13.2 Å². The quantitative estimate of drug-likeness (QED) is 0.663. The lowest BCUT2D eigenvalue weighted by atomic mass is 10.1. The Morgan fingerprint density at radius 2 is 1.94 bits per heavy atom. The zero-order valence-electron chi connectivity index (χ0n) is 11.3. The summed E-state index contributed by atoms with van der Waals surface area (Å²) >= 11 is 0. The zero-order valence-corrected chi connectivity index (χ0v) is 11.3. The summed E-state index contributed by atoms with van der Waals surface area (Å²) in [6.07, 6.45) is 4.61. The maximum absolute atomic E-state index is 9.03. The monoisotopic (exact) mass is 251 g/mol. The van der Waals surface area contributed by atoms with Gasteiger partial charge < -0.3 is 15.6 Å². The summed E-state index contributed by atoms with van der Waals surface area (Å²) in [5.41, 5.74) is 8.78. The summed E-state index contributed by atoms with van der Waals surface area (Å²) in [4.78, 5) is 0. The minimum absolute atomic E-state index is 0.100. The Bertz CT molecular complexity index is 339. The van der Waals surface area contributed by atoms with Crippen molar-refractivity contribution < 1.29 is 9.84 Å². The first-order chi connectivity index (χ1) is 8.77. The van der Waals surface area contributed by atoms with Crippen molar-refractivity contribution in [1.82, 2.24) is 0 Å². The summed E-state index contributed by atoms with van der Waals surface area (Å²) in [6.45, 7) is 4.42. The molecule has 3 N–H and O–H groups in total. The van der Waals surface area contributed by atoms with Crippen molar-refractivity contribution in [3.63, 3.8) is 0 Å². The van der Waals surface area contributed by atoms with E-state index in [0.717, 1.165) is 31.6 Å². The molecule has 1 aromatic carbocycles. The standard InChI is InChI=1S/C15H25NO2/c1-13-10-14(11-17)6-7-15(13)12-18-9-5-3-2-4-8-16/h6-7,10,17H,2-5,8-9,11-12,16H2,1H3. The van der Waals surface area contributed by atoms with Gasteiger partial charge in [0.05, 0.1) is 13.2 Å². The molecule has 0 aliphatic heterocycles. The van der Waals surface area contributed by atoms with E-state index in [1.54, 1.807) is 0 Å². The van der Waals surface area contributed by atoms with E-state index in [2.05, 4.69) is 6.92 Å². The molecule has 3 nitrogen and oxygen atoms in total. The molecule has 0 aliphatic carbocycles. The summed E-state index contributed by atoms with van der Waals surface area (Å²) in [5, 5.41) is 9.03. The highest BCUT2D eigenvalue weighted by molar-refractivity contribution is 5.30. The maximum Gasteiger partial charge on any atom is 0.0719 e. The van der Waals surface area contributed by atoms with Crippen molar-refractivity contribution in [3.8, 4) is 0 Å². The number of hydrogen-bond acceptors (Lipinski definition) is 3. The molecule has 0 atom stereocenters. The molecule has 0 radical (unpaired) electrons. The molecule has 0 heterocycles. The second-order valence-electron chi connectivity index (χ2n) is 4.67. The predicted molar refractivity (Wildman–Crippen MR) is 74.3 cm³/mol. The van der Waals surface area contributed by atoms with Crippen LogP contribution in [0.4, 0.5) is 0 Å². The largest absolute Gasteiger partial charge is 0.392 e. The van der Waals surface area contributed by atoms with Gasteiger partial charge in [0.1, 0.15) is 0 Å². The van der Waals surface area contributed by atoms with E-state index in [1.807, 2.05) is 18.2 Å². The summed E-state index contributed by atoms with van der Waals surface area (Å²) < 4.78 is 5.66. The molecule has 102 valence electrons. The van der Waals surface area contributed by atoms with E-state index in [4.69, 9.17) is 15.6 Å². The number of benzene rings is 1. The number of aliphatic hydroxyl groups excluding tert-OH is 1. The lowest BCUT2D eigenvalue weighted by molar-refractivity contribution is 0.116. The van der Waals surface area contributed by atoms with Crippen molar-refractivity contribution in [2.45, 2.75) is 45.8 Å². The van der Waals surface area contributed by atoms with Crippen molar-refractivity contribution in [3.05, 3.63) is 34.9 Å². The Morgan fingerprint density at radius 1 is 1.17 bits per heavy atom. The minimum atomic E-state index is 0.100. The third kappa shape index (κ3) is 5.63. The number of hydrogen-bond donors (Lipinski definition) is 2. The van der Waals surface area contributed by atoms with Crippen LogP contribution in [0.5, 0.6) is 0 Å². The van der Waals surface area contributed by atoms with Gasteiger partial charge in [-0.3, -0.25) is 0 Å². The highest BCUT2D eigenvalue weighted by Crippen LogP contribution is 2.12. The van der Waals surface area contributed by atoms with Crippen LogP contribution in [0.15, 0.2) is 18.2 Å². The number of rotatable bonds is 9. The molecule has 0 spiro atoms. The van der Waals surface area contributed by atoms with Gasteiger partial charge in [-0.1, -0.05) is 31.0 Å². The van der Waals surface area contributed by atoms with Gasteiger partial charge in [0.15, 0.2) is 0 Å². The van der Waals surface area contributed by atoms with E-state index in [0.29, 0.717) is 6.61 Å². The number of nitrogens with two attached hydrogens (primary N) is 1. The second-order valence-corrected chi connectivity index (χ2v) is 4.67. The number of ether oxygens (including phenoxy) is 1. The van der Waals surface area contributed by atoms with Crippen LogP contribution < -0.4 is 5.73 Å². The Labute approximate surface area is 110 Å². The number of aliphatic hydroxyl groups is 1. The van der Waals surface area contributed by atoms with Crippen molar-refractivity contribution >= 4 is 0 Å². The first-order valence-corrected chi connectivity index (χ1v) is 6.75. The molecule has 0 saturated carbocycles. The minimum Gasteiger partial charge on any atom is -0.392 e. The third-order valence-electron chi connectivity index (χ3n) is 3.09. The molecule has 18 heavy (non-hydrogen) atoms. The van der Waals surface area contributed by atoms with E-state index in [-0.39, 0.29) is 6.61 Å². The zero-order chi connectivity index (χ0) is 13.2. The van der Waals surface area contributed by atoms with Crippen LogP contribution in [-0.2, 0) is 18.0 Å². The van der Waals surface area contributed by atoms with Crippen LogP contribution >= 0.6 is 0 Å². The molecule has 0 amide bonds. The van der Waals surface area contributed by atoms with Gasteiger partial charge in [0.25, 0.3) is 0 Å². The van der Waals surface area contributed by atoms with Crippen LogP contribution in [0.3, 0.4) is 0 Å². The Kier molecular flexibility index (Phi) is 7.65. The number of unbranched alkanes of at least 4 members (excludes halogenated alkanes) is 3. The van der Waals surface area contributed by atoms with Crippen LogP contribution in [0.2, 0.25) is 0 Å². The molecular formula is C15H25NO2. The molecule has 0 unspecified atom stereocenters. The SMILES string of the molecule is Cc1cc(CO)ccc1COCCCCCCN. The fourth-order valence-corrected chi connectivity index (χ4v) is 1.90. The van der Waals surface area contributed by atoms with Gasteiger partial charge in [0, 0.05) is 6.61 Å². The van der Waals surface area contributed by atoms with E-state index in [1.165, 1.54) is 24.0 Å². The normalized spacial score (nSPS) is 10.8. The fourth-order valence-electron chi connectivity index (χ4n) is 1.90. The molecule has 0 bridgehead atoms. The van der Waals surface area contributed by atoms with Crippen molar-refractivity contribution in [2.24, 2.45) is 5.73 Å². The number of aryl methyl sites for hydroxylation is 1. The summed E-state index contributed by atoms with van der Waals surface area (Å²) in [7, 11) is 0. The predicted octanol–water partition coefficient (Wildman–Crippen LogP) is 2.52. The van der Waals surface area contributed by atoms with Crippen LogP contribution in [0.25, 0.3) is 0 Å². The average Bonchev–Trinajstić information content (AvgIpc) is 2.39. The maximum atomic E-state index is 9.03. The molecule has 3 heteroatoms. The van der Waals surface area contributed by atoms with Gasteiger partial charge >= 0.3 is 0 Å². The van der Waals surface area contributed by atoms with Gasteiger partial charge in [0.2, 0.25) is 0 Å². The van der Waals surface area contributed by atoms with Crippen LogP contribution in [0.1, 0.15) is 42.4 Å². The Balaban J connectivity index is 2.19. The van der Waals surface area contributed by atoms with Gasteiger partial charge in [-0.05, 0) is 43.0 Å². The van der Waals surface area contributed by atoms with E-state index in [9.17, 15) is 0 Å². The molecule has 0 saturated heterocycles. The van der Waals surface area contributed by atoms with E-state index < -0.39 is 0 Å². The van der Waals surface area contributed by atoms with Gasteiger partial charge in [-0.25, -0.2) is 0 Å². The third-order valence-corrected chi connectivity index (χ3v) is 3.09. The van der Waals surface area contributed by atoms with Gasteiger partial charge in [-0.2, -0.15) is 0 Å². The molecule has 1 aromatic rings. The topological polar surface area (TPSA) is 55.5 Å². The Hall–Kier alpha value is -0.900. The molecular weight excluding hydrogens is 226 g/mol. The molecule has 0 fully saturated rings. The highest BCUT2D eigenvalue weighted by atomic mass is 16.5. The average molecular weight is 251 g/mol.